The Hall–Kier alpha value is -1.93. The van der Waals surface area contributed by atoms with Crippen LogP contribution in [0.2, 0.25) is 0 Å². The minimum Gasteiger partial charge on any atom is -0.495 e. The van der Waals surface area contributed by atoms with Crippen LogP contribution in [-0.4, -0.2) is 43.1 Å². The minimum absolute atomic E-state index is 0.0702. The molecule has 0 spiro atoms. The molecule has 1 atom stereocenters. The third-order valence-electron chi connectivity index (χ3n) is 6.08. The Morgan fingerprint density at radius 1 is 1.03 bits per heavy atom. The molecule has 158 valence electrons. The molecule has 1 aromatic heterocycles. The van der Waals surface area contributed by atoms with Gasteiger partial charge in [-0.25, -0.2) is 8.42 Å². The molecule has 29 heavy (non-hydrogen) atoms. The Labute approximate surface area is 172 Å². The standard InChI is InChI=1S/C21H29N3O4S/c1-15-10-11-18(27-2)19(13-15)29(25,26)24-12-6-9-17(14-24)21-23-22-20(28-21)16-7-4-3-5-8-16/h10-11,13,16-17H,3-9,12,14H2,1-2H3. The van der Waals surface area contributed by atoms with Crippen molar-refractivity contribution < 1.29 is 17.6 Å². The number of sulfonamides is 1. The van der Waals surface area contributed by atoms with Gasteiger partial charge in [-0.3, -0.25) is 0 Å². The number of nitrogens with zero attached hydrogens (tertiary/aromatic N) is 3. The molecule has 0 amide bonds. The van der Waals surface area contributed by atoms with Gasteiger partial charge in [0.05, 0.1) is 13.0 Å². The Morgan fingerprint density at radius 3 is 2.45 bits per heavy atom. The van der Waals surface area contributed by atoms with Gasteiger partial charge in [-0.2, -0.15) is 4.31 Å². The van der Waals surface area contributed by atoms with E-state index in [9.17, 15) is 8.42 Å². The highest BCUT2D eigenvalue weighted by Crippen LogP contribution is 2.36. The summed E-state index contributed by atoms with van der Waals surface area (Å²) in [6.07, 6.45) is 7.49. The summed E-state index contributed by atoms with van der Waals surface area (Å²) in [5.74, 6) is 1.95. The van der Waals surface area contributed by atoms with Crippen LogP contribution in [0.3, 0.4) is 0 Å². The molecule has 1 saturated carbocycles. The minimum atomic E-state index is -3.66. The number of rotatable bonds is 5. The molecule has 0 N–H and O–H groups in total. The molecule has 8 heteroatoms. The average molecular weight is 420 g/mol. The predicted molar refractivity (Wildman–Crippen MR) is 109 cm³/mol. The third-order valence-corrected chi connectivity index (χ3v) is 7.97. The molecular formula is C21H29N3O4S. The second-order valence-corrected chi connectivity index (χ2v) is 10.1. The summed E-state index contributed by atoms with van der Waals surface area (Å²) < 4.78 is 39.5. The molecule has 0 radical (unpaired) electrons. The SMILES string of the molecule is COc1ccc(C)cc1S(=O)(=O)N1CCCC(c2nnc(C3CCCCC3)o2)C1. The fourth-order valence-corrected chi connectivity index (χ4v) is 6.18. The molecule has 7 nitrogen and oxygen atoms in total. The van der Waals surface area contributed by atoms with Gasteiger partial charge in [-0.1, -0.05) is 25.3 Å². The van der Waals surface area contributed by atoms with Crippen molar-refractivity contribution in [3.05, 3.63) is 35.5 Å². The van der Waals surface area contributed by atoms with Crippen LogP contribution in [0.15, 0.2) is 27.5 Å². The van der Waals surface area contributed by atoms with E-state index in [-0.39, 0.29) is 10.8 Å². The number of hydrogen-bond acceptors (Lipinski definition) is 6. The monoisotopic (exact) mass is 419 g/mol. The number of methoxy groups -OCH3 is 1. The van der Waals surface area contributed by atoms with Crippen molar-refractivity contribution in [3.63, 3.8) is 0 Å². The number of benzene rings is 1. The first-order valence-corrected chi connectivity index (χ1v) is 11.9. The summed E-state index contributed by atoms with van der Waals surface area (Å²) in [5, 5.41) is 8.58. The highest BCUT2D eigenvalue weighted by atomic mass is 32.2. The summed E-state index contributed by atoms with van der Waals surface area (Å²) in [6.45, 7) is 2.72. The molecule has 1 unspecified atom stereocenters. The molecule has 2 heterocycles. The lowest BCUT2D eigenvalue weighted by Crippen LogP contribution is -2.39. The maximum atomic E-state index is 13.3. The molecule has 1 saturated heterocycles. The van der Waals surface area contributed by atoms with Crippen LogP contribution in [0.4, 0.5) is 0 Å². The van der Waals surface area contributed by atoms with E-state index in [4.69, 9.17) is 9.15 Å². The summed E-state index contributed by atoms with van der Waals surface area (Å²) in [4.78, 5) is 0.217. The quantitative estimate of drug-likeness (QED) is 0.728. The van der Waals surface area contributed by atoms with Crippen molar-refractivity contribution in [2.75, 3.05) is 20.2 Å². The van der Waals surface area contributed by atoms with Gasteiger partial charge in [0.25, 0.3) is 0 Å². The van der Waals surface area contributed by atoms with Crippen LogP contribution in [-0.2, 0) is 10.0 Å². The smallest absolute Gasteiger partial charge is 0.246 e. The van der Waals surface area contributed by atoms with Gasteiger partial charge in [0.15, 0.2) is 0 Å². The van der Waals surface area contributed by atoms with Crippen LogP contribution >= 0.6 is 0 Å². The Bertz CT molecular complexity index is 951. The third kappa shape index (κ3) is 4.19. The van der Waals surface area contributed by atoms with Crippen molar-refractivity contribution in [3.8, 4) is 5.75 Å². The van der Waals surface area contributed by atoms with Crippen LogP contribution in [0.25, 0.3) is 0 Å². The fraction of sp³-hybridized carbons (Fsp3) is 0.619. The molecule has 2 aliphatic rings. The van der Waals surface area contributed by atoms with Gasteiger partial charge in [-0.15, -0.1) is 10.2 Å². The van der Waals surface area contributed by atoms with Crippen LogP contribution in [0.1, 0.15) is 74.1 Å². The van der Waals surface area contributed by atoms with Crippen molar-refractivity contribution in [2.24, 2.45) is 0 Å². The van der Waals surface area contributed by atoms with Gasteiger partial charge >= 0.3 is 0 Å². The Kier molecular flexibility index (Phi) is 5.92. The van der Waals surface area contributed by atoms with Crippen molar-refractivity contribution >= 4 is 10.0 Å². The molecule has 1 aliphatic heterocycles. The van der Waals surface area contributed by atoms with Crippen molar-refractivity contribution in [1.29, 1.82) is 0 Å². The number of aryl methyl sites for hydroxylation is 1. The number of piperidine rings is 1. The van der Waals surface area contributed by atoms with E-state index >= 15 is 0 Å². The maximum absolute atomic E-state index is 13.3. The zero-order valence-electron chi connectivity index (χ0n) is 17.1. The van der Waals surface area contributed by atoms with Crippen molar-refractivity contribution in [2.45, 2.75) is 68.6 Å². The van der Waals surface area contributed by atoms with E-state index in [2.05, 4.69) is 10.2 Å². The van der Waals surface area contributed by atoms with E-state index < -0.39 is 10.0 Å². The van der Waals surface area contributed by atoms with E-state index in [1.165, 1.54) is 30.7 Å². The number of ether oxygens (including phenoxy) is 1. The summed E-state index contributed by atoms with van der Waals surface area (Å²) >= 11 is 0. The Balaban J connectivity index is 1.54. The van der Waals surface area contributed by atoms with Crippen LogP contribution < -0.4 is 4.74 Å². The predicted octanol–water partition coefficient (Wildman–Crippen LogP) is 4.00. The topological polar surface area (TPSA) is 85.5 Å². The van der Waals surface area contributed by atoms with E-state index in [1.807, 2.05) is 13.0 Å². The number of aromatic nitrogens is 2. The zero-order chi connectivity index (χ0) is 20.4. The first-order valence-electron chi connectivity index (χ1n) is 10.5. The zero-order valence-corrected chi connectivity index (χ0v) is 18.0. The van der Waals surface area contributed by atoms with Crippen LogP contribution in [0.5, 0.6) is 5.75 Å². The molecular weight excluding hydrogens is 390 g/mol. The summed E-state index contributed by atoms with van der Waals surface area (Å²) in [7, 11) is -2.17. The van der Waals surface area contributed by atoms with Gasteiger partial charge in [0.1, 0.15) is 10.6 Å². The van der Waals surface area contributed by atoms with Crippen LogP contribution in [0, 0.1) is 6.92 Å². The normalized spacial score (nSPS) is 21.9. The fourth-order valence-electron chi connectivity index (χ4n) is 4.41. The summed E-state index contributed by atoms with van der Waals surface area (Å²) in [5.41, 5.74) is 0.881. The van der Waals surface area contributed by atoms with E-state index in [1.54, 1.807) is 12.1 Å². The first-order chi connectivity index (χ1) is 14.0. The highest BCUT2D eigenvalue weighted by molar-refractivity contribution is 7.89. The maximum Gasteiger partial charge on any atom is 0.246 e. The van der Waals surface area contributed by atoms with Gasteiger partial charge in [0, 0.05) is 19.0 Å². The van der Waals surface area contributed by atoms with E-state index in [0.29, 0.717) is 30.6 Å². The molecule has 4 rings (SSSR count). The molecule has 2 aromatic rings. The molecule has 0 bridgehead atoms. The lowest BCUT2D eigenvalue weighted by atomic mass is 9.89. The average Bonchev–Trinajstić information content (AvgIpc) is 3.25. The Morgan fingerprint density at radius 2 is 1.72 bits per heavy atom. The summed E-state index contributed by atoms with van der Waals surface area (Å²) in [6, 6.07) is 5.23. The molecule has 2 fully saturated rings. The molecule has 1 aliphatic carbocycles. The second-order valence-electron chi connectivity index (χ2n) is 8.17. The van der Waals surface area contributed by atoms with E-state index in [0.717, 1.165) is 37.1 Å². The van der Waals surface area contributed by atoms with Gasteiger partial charge in [0.2, 0.25) is 21.8 Å². The number of hydrogen-bond donors (Lipinski definition) is 0. The molecule has 1 aromatic carbocycles. The highest BCUT2D eigenvalue weighted by Gasteiger charge is 2.35. The largest absolute Gasteiger partial charge is 0.495 e. The first kappa shape index (κ1) is 20.3. The lowest BCUT2D eigenvalue weighted by molar-refractivity contribution is 0.272. The van der Waals surface area contributed by atoms with Crippen molar-refractivity contribution in [1.82, 2.24) is 14.5 Å². The lowest BCUT2D eigenvalue weighted by Gasteiger charge is -2.30. The van der Waals surface area contributed by atoms with Gasteiger partial charge in [-0.05, 0) is 50.3 Å². The van der Waals surface area contributed by atoms with Gasteiger partial charge < -0.3 is 9.15 Å². The second kappa shape index (κ2) is 8.44.